The van der Waals surface area contributed by atoms with E-state index in [1.807, 2.05) is 12.1 Å². The molecule has 6 nitrogen and oxygen atoms in total. The molecule has 0 aliphatic carbocycles. The van der Waals surface area contributed by atoms with Crippen LogP contribution >= 0.6 is 0 Å². The van der Waals surface area contributed by atoms with Gasteiger partial charge in [0.25, 0.3) is 5.91 Å². The maximum Gasteiger partial charge on any atom is 0.268 e. The number of benzene rings is 1. The molecular formula is C15H21N3O3. The van der Waals surface area contributed by atoms with Gasteiger partial charge < -0.3 is 15.8 Å². The number of amides is 2. The number of nitrogens with zero attached hydrogens (tertiary/aromatic N) is 1. The first-order valence-electron chi connectivity index (χ1n) is 7.17. The molecule has 1 heterocycles. The first-order chi connectivity index (χ1) is 10.1. The van der Waals surface area contributed by atoms with Gasteiger partial charge >= 0.3 is 0 Å². The number of hydrogen-bond donors (Lipinski definition) is 2. The minimum Gasteiger partial charge on any atom is -0.479 e. The Morgan fingerprint density at radius 3 is 2.90 bits per heavy atom. The summed E-state index contributed by atoms with van der Waals surface area (Å²) in [6, 6.07) is 7.23. The Hall–Kier alpha value is -2.08. The highest BCUT2D eigenvalue weighted by molar-refractivity contribution is 6.03. The number of para-hydroxylation sites is 2. The summed E-state index contributed by atoms with van der Waals surface area (Å²) in [5, 5.41) is 2.80. The molecule has 1 aromatic rings. The maximum atomic E-state index is 12.2. The molecule has 21 heavy (non-hydrogen) atoms. The maximum absolute atomic E-state index is 12.2. The molecule has 1 aromatic carbocycles. The number of carbonyl (C=O) groups is 2. The van der Waals surface area contributed by atoms with E-state index in [9.17, 15) is 9.59 Å². The lowest BCUT2D eigenvalue weighted by Gasteiger charge is -2.32. The van der Waals surface area contributed by atoms with E-state index in [0.717, 1.165) is 12.8 Å². The first-order valence-corrected chi connectivity index (χ1v) is 7.17. The van der Waals surface area contributed by atoms with Gasteiger partial charge in [0, 0.05) is 6.54 Å². The molecule has 2 amide bonds. The zero-order valence-corrected chi connectivity index (χ0v) is 12.2. The van der Waals surface area contributed by atoms with Crippen molar-refractivity contribution in [1.29, 1.82) is 0 Å². The molecule has 114 valence electrons. The van der Waals surface area contributed by atoms with Crippen molar-refractivity contribution in [2.75, 3.05) is 24.5 Å². The topological polar surface area (TPSA) is 84.7 Å². The lowest BCUT2D eigenvalue weighted by atomic mass is 10.2. The number of anilines is 1. The molecule has 0 bridgehead atoms. The number of rotatable bonds is 6. The van der Waals surface area contributed by atoms with Gasteiger partial charge in [0.2, 0.25) is 5.91 Å². The number of carbonyl (C=O) groups excluding carboxylic acids is 2. The van der Waals surface area contributed by atoms with Crippen LogP contribution in [0, 0.1) is 0 Å². The zero-order valence-electron chi connectivity index (χ0n) is 12.2. The molecular weight excluding hydrogens is 270 g/mol. The molecule has 1 aliphatic rings. The van der Waals surface area contributed by atoms with Crippen molar-refractivity contribution in [3.63, 3.8) is 0 Å². The minimum absolute atomic E-state index is 0.00612. The average molecular weight is 291 g/mol. The number of nitrogens with two attached hydrogens (primary N) is 1. The van der Waals surface area contributed by atoms with Gasteiger partial charge in [-0.25, -0.2) is 0 Å². The molecule has 0 aromatic heterocycles. The highest BCUT2D eigenvalue weighted by Crippen LogP contribution is 2.33. The zero-order chi connectivity index (χ0) is 15.2. The SMILES string of the molecule is CC1Oc2ccccc2N(CC(=O)NCCCCN)C1=O. The smallest absolute Gasteiger partial charge is 0.268 e. The molecule has 0 spiro atoms. The molecule has 0 saturated heterocycles. The van der Waals surface area contributed by atoms with Crippen molar-refractivity contribution in [3.05, 3.63) is 24.3 Å². The fourth-order valence-electron chi connectivity index (χ4n) is 2.22. The van der Waals surface area contributed by atoms with E-state index in [1.54, 1.807) is 19.1 Å². The average Bonchev–Trinajstić information content (AvgIpc) is 2.48. The third-order valence-corrected chi connectivity index (χ3v) is 3.33. The molecule has 0 fully saturated rings. The van der Waals surface area contributed by atoms with Crippen molar-refractivity contribution in [1.82, 2.24) is 5.32 Å². The van der Waals surface area contributed by atoms with E-state index >= 15 is 0 Å². The largest absolute Gasteiger partial charge is 0.479 e. The van der Waals surface area contributed by atoms with Crippen molar-refractivity contribution in [2.24, 2.45) is 5.73 Å². The third kappa shape index (κ3) is 3.72. The second-order valence-electron chi connectivity index (χ2n) is 5.00. The van der Waals surface area contributed by atoms with Crippen LogP contribution in [0.4, 0.5) is 5.69 Å². The third-order valence-electron chi connectivity index (χ3n) is 3.33. The molecule has 6 heteroatoms. The van der Waals surface area contributed by atoms with Gasteiger partial charge in [-0.2, -0.15) is 0 Å². The van der Waals surface area contributed by atoms with E-state index in [2.05, 4.69) is 5.32 Å². The quantitative estimate of drug-likeness (QED) is 0.754. The highest BCUT2D eigenvalue weighted by Gasteiger charge is 2.32. The number of fused-ring (bicyclic) bond motifs is 1. The van der Waals surface area contributed by atoms with E-state index in [-0.39, 0.29) is 18.4 Å². The van der Waals surface area contributed by atoms with Gasteiger partial charge in [0.1, 0.15) is 12.3 Å². The van der Waals surface area contributed by atoms with Crippen LogP contribution in [0.25, 0.3) is 0 Å². The van der Waals surface area contributed by atoms with E-state index < -0.39 is 6.10 Å². The normalized spacial score (nSPS) is 17.1. The van der Waals surface area contributed by atoms with Crippen LogP contribution in [-0.2, 0) is 9.59 Å². The fourth-order valence-corrected chi connectivity index (χ4v) is 2.22. The Bertz CT molecular complexity index is 519. The van der Waals surface area contributed by atoms with Gasteiger partial charge in [0.15, 0.2) is 6.10 Å². The predicted molar refractivity (Wildman–Crippen MR) is 80.2 cm³/mol. The van der Waals surface area contributed by atoms with E-state index in [4.69, 9.17) is 10.5 Å². The molecule has 0 saturated carbocycles. The Morgan fingerprint density at radius 2 is 2.14 bits per heavy atom. The summed E-state index contributed by atoms with van der Waals surface area (Å²) in [4.78, 5) is 25.6. The van der Waals surface area contributed by atoms with Crippen LogP contribution in [-0.4, -0.2) is 37.6 Å². The van der Waals surface area contributed by atoms with Crippen molar-refractivity contribution >= 4 is 17.5 Å². The van der Waals surface area contributed by atoms with Crippen LogP contribution in [0.2, 0.25) is 0 Å². The van der Waals surface area contributed by atoms with Gasteiger partial charge in [-0.05, 0) is 38.4 Å². The van der Waals surface area contributed by atoms with Crippen molar-refractivity contribution in [3.8, 4) is 5.75 Å². The summed E-state index contributed by atoms with van der Waals surface area (Å²) in [6.07, 6.45) is 1.13. The van der Waals surface area contributed by atoms with Crippen LogP contribution in [0.15, 0.2) is 24.3 Å². The summed E-state index contributed by atoms with van der Waals surface area (Å²) in [5.74, 6) is 0.246. The lowest BCUT2D eigenvalue weighted by Crippen LogP contribution is -2.48. The fraction of sp³-hybridized carbons (Fsp3) is 0.467. The first kappa shape index (κ1) is 15.3. The van der Waals surface area contributed by atoms with Gasteiger partial charge in [0.05, 0.1) is 5.69 Å². The molecule has 1 aliphatic heterocycles. The number of unbranched alkanes of at least 4 members (excludes halogenated alkanes) is 1. The van der Waals surface area contributed by atoms with Crippen LogP contribution in [0.1, 0.15) is 19.8 Å². The Morgan fingerprint density at radius 1 is 1.38 bits per heavy atom. The molecule has 1 atom stereocenters. The highest BCUT2D eigenvalue weighted by atomic mass is 16.5. The molecule has 0 radical (unpaired) electrons. The van der Waals surface area contributed by atoms with Gasteiger partial charge in [-0.1, -0.05) is 12.1 Å². The number of hydrogen-bond acceptors (Lipinski definition) is 4. The van der Waals surface area contributed by atoms with E-state index in [0.29, 0.717) is 24.5 Å². The van der Waals surface area contributed by atoms with Crippen molar-refractivity contribution < 1.29 is 14.3 Å². The monoisotopic (exact) mass is 291 g/mol. The van der Waals surface area contributed by atoms with Crippen LogP contribution < -0.4 is 20.7 Å². The molecule has 1 unspecified atom stereocenters. The minimum atomic E-state index is -0.579. The lowest BCUT2D eigenvalue weighted by molar-refractivity contribution is -0.128. The second kappa shape index (κ2) is 7.08. The summed E-state index contributed by atoms with van der Waals surface area (Å²) in [5.41, 5.74) is 6.04. The predicted octanol–water partition coefficient (Wildman–Crippen LogP) is 0.656. The summed E-state index contributed by atoms with van der Waals surface area (Å²) in [6.45, 7) is 2.88. The second-order valence-corrected chi connectivity index (χ2v) is 5.00. The van der Waals surface area contributed by atoms with Crippen molar-refractivity contribution in [2.45, 2.75) is 25.9 Å². The summed E-state index contributed by atoms with van der Waals surface area (Å²) >= 11 is 0. The van der Waals surface area contributed by atoms with Crippen LogP contribution in [0.3, 0.4) is 0 Å². The summed E-state index contributed by atoms with van der Waals surface area (Å²) in [7, 11) is 0. The Labute approximate surface area is 124 Å². The number of nitrogens with one attached hydrogen (secondary N) is 1. The Kier molecular flexibility index (Phi) is 5.16. The molecule has 2 rings (SSSR count). The standard InChI is InChI=1S/C15H21N3O3/c1-11-15(20)18(10-14(19)17-9-5-4-8-16)12-6-2-3-7-13(12)21-11/h2-3,6-7,11H,4-5,8-10,16H2,1H3,(H,17,19). The van der Waals surface area contributed by atoms with E-state index in [1.165, 1.54) is 4.90 Å². The van der Waals surface area contributed by atoms with Gasteiger partial charge in [-0.3, -0.25) is 14.5 Å². The summed E-state index contributed by atoms with van der Waals surface area (Å²) < 4.78 is 5.53. The molecule has 3 N–H and O–H groups in total. The van der Waals surface area contributed by atoms with Gasteiger partial charge in [-0.15, -0.1) is 0 Å². The van der Waals surface area contributed by atoms with Crippen LogP contribution in [0.5, 0.6) is 5.75 Å². The number of ether oxygens (including phenoxy) is 1. The Balaban J connectivity index is 2.01.